The summed E-state index contributed by atoms with van der Waals surface area (Å²) < 4.78 is 28.0. The predicted molar refractivity (Wildman–Crippen MR) is 85.8 cm³/mol. The normalized spacial score (nSPS) is 10.3. The van der Waals surface area contributed by atoms with Crippen molar-refractivity contribution in [3.05, 3.63) is 82.9 Å². The van der Waals surface area contributed by atoms with E-state index >= 15 is 0 Å². The van der Waals surface area contributed by atoms with Crippen molar-refractivity contribution in [1.29, 1.82) is 0 Å². The van der Waals surface area contributed by atoms with E-state index in [9.17, 15) is 8.78 Å². The Morgan fingerprint density at radius 2 is 1.48 bits per heavy atom. The summed E-state index contributed by atoms with van der Waals surface area (Å²) in [5, 5.41) is -0.0360. The first-order chi connectivity index (χ1) is 10.6. The molecule has 4 heteroatoms. The molecule has 0 aliphatic rings. The van der Waals surface area contributed by atoms with Gasteiger partial charge in [-0.2, -0.15) is 18.2 Å². The van der Waals surface area contributed by atoms with Crippen LogP contribution in [0.2, 0.25) is 5.02 Å². The molecule has 110 valence electrons. The summed E-state index contributed by atoms with van der Waals surface area (Å²) in [4.78, 5) is 0. The fraction of sp³-hybridized carbons (Fsp3) is 0.0526. The van der Waals surface area contributed by atoms with Crippen LogP contribution in [0.4, 0.5) is 8.78 Å². The first kappa shape index (κ1) is 18.9. The molecule has 0 bridgehead atoms. The average molecular weight is 399 g/mol. The van der Waals surface area contributed by atoms with E-state index in [-0.39, 0.29) is 69.0 Å². The van der Waals surface area contributed by atoms with Gasteiger partial charge in [0.1, 0.15) is 5.82 Å². The fourth-order valence-electron chi connectivity index (χ4n) is 2.36. The summed E-state index contributed by atoms with van der Waals surface area (Å²) in [6.45, 7) is 1.84. The Morgan fingerprint density at radius 1 is 0.870 bits per heavy atom. The van der Waals surface area contributed by atoms with Crippen molar-refractivity contribution in [1.82, 2.24) is 0 Å². The molecular weight excluding hydrogens is 387 g/mol. The minimum absolute atomic E-state index is 0. The molecule has 3 aromatic carbocycles. The minimum atomic E-state index is -0.501. The monoisotopic (exact) mass is 398 g/mol. The van der Waals surface area contributed by atoms with Gasteiger partial charge in [0.2, 0.25) is 0 Å². The molecule has 23 heavy (non-hydrogen) atoms. The molecule has 3 aromatic rings. The van der Waals surface area contributed by atoms with Gasteiger partial charge in [-0.3, -0.25) is 4.39 Å². The molecule has 0 aliphatic heterocycles. The molecule has 0 atom stereocenters. The third kappa shape index (κ3) is 4.18. The van der Waals surface area contributed by atoms with Crippen molar-refractivity contribution in [3.63, 3.8) is 0 Å². The molecule has 0 N–H and O–H groups in total. The molecule has 0 amide bonds. The zero-order valence-electron chi connectivity index (χ0n) is 12.8. The summed E-state index contributed by atoms with van der Waals surface area (Å²) in [6, 6.07) is 17.9. The van der Waals surface area contributed by atoms with Gasteiger partial charge in [0.25, 0.3) is 0 Å². The smallest absolute Gasteiger partial charge is 0.282 e. The summed E-state index contributed by atoms with van der Waals surface area (Å²) in [5.74, 6) is -0.769. The zero-order chi connectivity index (χ0) is 15.7. The Labute approximate surface area is 188 Å². The average Bonchev–Trinajstić information content (AvgIpc) is 2.50. The third-order valence-corrected chi connectivity index (χ3v) is 3.80. The molecule has 0 saturated heterocycles. The van der Waals surface area contributed by atoms with Crippen LogP contribution in [0.5, 0.6) is 0 Å². The molecule has 0 unspecified atom stereocenters. The SMILES string of the molecule is Cc1ccc(-c2ccc(-c3cc[c-]c(Cl)c3F)cc2)c(F)c1.[Rb+]. The number of aryl methyl sites for hydroxylation is 1. The van der Waals surface area contributed by atoms with Crippen molar-refractivity contribution in [3.8, 4) is 22.3 Å². The topological polar surface area (TPSA) is 0 Å². The second kappa shape index (κ2) is 8.13. The Hall–Kier alpha value is -0.385. The standard InChI is InChI=1S/C19H12ClF2.Rb/c1-12-5-10-15(18(21)11-12)13-6-8-14(9-7-13)16-3-2-4-17(20)19(16)22;/h2-3,5-11H,1H3;/q-1;+1. The van der Waals surface area contributed by atoms with E-state index in [4.69, 9.17) is 11.6 Å². The largest absolute Gasteiger partial charge is 1.00 e. The second-order valence-corrected chi connectivity index (χ2v) is 5.46. The van der Waals surface area contributed by atoms with Crippen LogP contribution in [-0.4, -0.2) is 0 Å². The van der Waals surface area contributed by atoms with Crippen LogP contribution in [0.3, 0.4) is 0 Å². The Balaban J connectivity index is 0.00000192. The minimum Gasteiger partial charge on any atom is -0.282 e. The van der Waals surface area contributed by atoms with E-state index < -0.39 is 5.82 Å². The number of rotatable bonds is 2. The van der Waals surface area contributed by atoms with Crippen molar-refractivity contribution in [2.24, 2.45) is 0 Å². The van der Waals surface area contributed by atoms with Gasteiger partial charge in [0.05, 0.1) is 0 Å². The number of benzene rings is 3. The first-order valence-electron chi connectivity index (χ1n) is 6.79. The Bertz CT molecular complexity index is 829. The third-order valence-electron chi connectivity index (χ3n) is 3.52. The maximum atomic E-state index is 14.0. The van der Waals surface area contributed by atoms with Crippen molar-refractivity contribution in [2.45, 2.75) is 6.92 Å². The van der Waals surface area contributed by atoms with Gasteiger partial charge in [-0.05, 0) is 34.7 Å². The molecule has 3 rings (SSSR count). The van der Waals surface area contributed by atoms with E-state index in [0.29, 0.717) is 16.7 Å². The van der Waals surface area contributed by atoms with Crippen LogP contribution >= 0.6 is 11.6 Å². The zero-order valence-corrected chi connectivity index (χ0v) is 18.5. The van der Waals surface area contributed by atoms with E-state index in [2.05, 4.69) is 6.07 Å². The van der Waals surface area contributed by atoms with Gasteiger partial charge in [-0.1, -0.05) is 42.0 Å². The van der Waals surface area contributed by atoms with Crippen LogP contribution in [-0.2, 0) is 0 Å². The molecule has 0 fully saturated rings. The maximum Gasteiger partial charge on any atom is 1.00 e. The molecule has 0 aliphatic carbocycles. The van der Waals surface area contributed by atoms with Gasteiger partial charge in [0.15, 0.2) is 0 Å². The van der Waals surface area contributed by atoms with E-state index in [1.807, 2.05) is 13.0 Å². The Morgan fingerprint density at radius 3 is 2.09 bits per heavy atom. The predicted octanol–water partition coefficient (Wildman–Crippen LogP) is 3.06. The Kier molecular flexibility index (Phi) is 6.70. The summed E-state index contributed by atoms with van der Waals surface area (Å²) in [5.41, 5.74) is 3.23. The van der Waals surface area contributed by atoms with E-state index in [0.717, 1.165) is 11.1 Å². The molecular formula is C19H12ClF2Rb. The quantitative estimate of drug-likeness (QED) is 0.582. The van der Waals surface area contributed by atoms with Crippen molar-refractivity contribution >= 4 is 11.6 Å². The molecule has 0 heterocycles. The van der Waals surface area contributed by atoms with Gasteiger partial charge >= 0.3 is 58.2 Å². The van der Waals surface area contributed by atoms with Gasteiger partial charge in [0, 0.05) is 11.4 Å². The fourth-order valence-corrected chi connectivity index (χ4v) is 2.52. The number of hydrogen-bond acceptors (Lipinski definition) is 0. The van der Waals surface area contributed by atoms with Gasteiger partial charge in [-0.15, -0.1) is 11.6 Å². The molecule has 0 spiro atoms. The first-order valence-corrected chi connectivity index (χ1v) is 7.16. The van der Waals surface area contributed by atoms with Crippen molar-refractivity contribution < 1.29 is 67.0 Å². The number of halogens is 3. The van der Waals surface area contributed by atoms with Crippen LogP contribution in [0.25, 0.3) is 22.3 Å². The molecule has 0 aromatic heterocycles. The molecule has 0 nitrogen and oxygen atoms in total. The molecule has 0 saturated carbocycles. The molecule has 0 radical (unpaired) electrons. The summed E-state index contributed by atoms with van der Waals surface area (Å²) >= 11 is 5.75. The second-order valence-electron chi connectivity index (χ2n) is 5.08. The van der Waals surface area contributed by atoms with Crippen LogP contribution < -0.4 is 58.2 Å². The number of hydrogen-bond donors (Lipinski definition) is 0. The van der Waals surface area contributed by atoms with Crippen LogP contribution in [0, 0.1) is 24.6 Å². The van der Waals surface area contributed by atoms with Crippen molar-refractivity contribution in [2.75, 3.05) is 0 Å². The maximum absolute atomic E-state index is 14.0. The van der Waals surface area contributed by atoms with E-state index in [1.165, 1.54) is 6.07 Å². The summed E-state index contributed by atoms with van der Waals surface area (Å²) in [7, 11) is 0. The van der Waals surface area contributed by atoms with E-state index in [1.54, 1.807) is 42.5 Å². The van der Waals surface area contributed by atoms with Crippen LogP contribution in [0.1, 0.15) is 5.56 Å². The van der Waals surface area contributed by atoms with Gasteiger partial charge < -0.3 is 0 Å². The van der Waals surface area contributed by atoms with Crippen LogP contribution in [0.15, 0.2) is 54.6 Å². The van der Waals surface area contributed by atoms with Gasteiger partial charge in [-0.25, -0.2) is 4.39 Å². The summed E-state index contributed by atoms with van der Waals surface area (Å²) in [6.07, 6.45) is 0.